The largest absolute Gasteiger partial charge is 0.381 e. The molecule has 2 aromatic carbocycles. The zero-order chi connectivity index (χ0) is 24.4. The molecule has 0 amide bonds. The Hall–Kier alpha value is -3.69. The van der Waals surface area contributed by atoms with Crippen LogP contribution >= 0.6 is 0 Å². The lowest BCUT2D eigenvalue weighted by Gasteiger charge is -2.26. The van der Waals surface area contributed by atoms with E-state index in [0.29, 0.717) is 25.2 Å². The van der Waals surface area contributed by atoms with Gasteiger partial charge < -0.3 is 4.74 Å². The fraction of sp³-hybridized carbons (Fsp3) is 0.345. The molecule has 0 bridgehead atoms. The van der Waals surface area contributed by atoms with E-state index in [2.05, 4.69) is 25.1 Å². The lowest BCUT2D eigenvalue weighted by Crippen LogP contribution is -2.34. The maximum absolute atomic E-state index is 14.0. The Morgan fingerprint density at radius 1 is 1.11 bits per heavy atom. The van der Waals surface area contributed by atoms with E-state index in [-0.39, 0.29) is 11.6 Å². The van der Waals surface area contributed by atoms with Crippen molar-refractivity contribution in [3.63, 3.8) is 0 Å². The highest BCUT2D eigenvalue weighted by Gasteiger charge is 2.24. The average Bonchev–Trinajstić information content (AvgIpc) is 3.28. The standard InChI is InChI=1S/C29H30N4O2/c1-3-6-27-26(18-21-9-11-22(12-10-21)25-8-5-4-7-23(25)19-30)29(34)32(24-13-15-35-16-14-24)28-17-20(2)31-33(27)28/h4-5,7-12,17,24H,3,6,13-16,18H2,1-2H3. The van der Waals surface area contributed by atoms with Crippen molar-refractivity contribution in [1.29, 1.82) is 5.26 Å². The van der Waals surface area contributed by atoms with Gasteiger partial charge in [-0.1, -0.05) is 55.8 Å². The first-order valence-electron chi connectivity index (χ1n) is 12.4. The number of nitrogens with zero attached hydrogens (tertiary/aromatic N) is 4. The number of rotatable bonds is 6. The van der Waals surface area contributed by atoms with Gasteiger partial charge in [0, 0.05) is 37.3 Å². The second-order valence-corrected chi connectivity index (χ2v) is 9.28. The van der Waals surface area contributed by atoms with E-state index >= 15 is 0 Å². The zero-order valence-corrected chi connectivity index (χ0v) is 20.3. The minimum absolute atomic E-state index is 0.0895. The first-order chi connectivity index (χ1) is 17.1. The first-order valence-corrected chi connectivity index (χ1v) is 12.4. The van der Waals surface area contributed by atoms with E-state index in [0.717, 1.165) is 65.0 Å². The summed E-state index contributed by atoms with van der Waals surface area (Å²) in [6, 6.07) is 20.3. The van der Waals surface area contributed by atoms with Crippen LogP contribution in [0.25, 0.3) is 16.8 Å². The van der Waals surface area contributed by atoms with Crippen LogP contribution < -0.4 is 5.56 Å². The molecule has 4 aromatic rings. The third-order valence-electron chi connectivity index (χ3n) is 6.88. The maximum Gasteiger partial charge on any atom is 0.257 e. The summed E-state index contributed by atoms with van der Waals surface area (Å²) >= 11 is 0. The van der Waals surface area contributed by atoms with E-state index in [1.807, 2.05) is 58.5 Å². The molecule has 35 heavy (non-hydrogen) atoms. The van der Waals surface area contributed by atoms with Gasteiger partial charge in [-0.15, -0.1) is 0 Å². The van der Waals surface area contributed by atoms with E-state index in [4.69, 9.17) is 9.84 Å². The van der Waals surface area contributed by atoms with Crippen LogP contribution in [0.2, 0.25) is 0 Å². The van der Waals surface area contributed by atoms with Gasteiger partial charge in [-0.25, -0.2) is 4.52 Å². The number of benzene rings is 2. The molecule has 0 N–H and O–H groups in total. The summed E-state index contributed by atoms with van der Waals surface area (Å²) < 4.78 is 9.54. The highest BCUT2D eigenvalue weighted by molar-refractivity contribution is 5.70. The van der Waals surface area contributed by atoms with E-state index in [9.17, 15) is 10.1 Å². The monoisotopic (exact) mass is 466 g/mol. The van der Waals surface area contributed by atoms with Gasteiger partial charge in [0.15, 0.2) is 0 Å². The second kappa shape index (κ2) is 9.89. The van der Waals surface area contributed by atoms with Crippen molar-refractivity contribution in [2.75, 3.05) is 13.2 Å². The minimum Gasteiger partial charge on any atom is -0.381 e. The predicted molar refractivity (Wildman–Crippen MR) is 137 cm³/mol. The number of hydrogen-bond donors (Lipinski definition) is 0. The molecule has 0 atom stereocenters. The zero-order valence-electron chi connectivity index (χ0n) is 20.3. The van der Waals surface area contributed by atoms with Crippen LogP contribution in [0.5, 0.6) is 0 Å². The molecule has 178 valence electrons. The summed E-state index contributed by atoms with van der Waals surface area (Å²) in [7, 11) is 0. The molecular formula is C29H30N4O2. The van der Waals surface area contributed by atoms with Crippen molar-refractivity contribution in [1.82, 2.24) is 14.2 Å². The first kappa shape index (κ1) is 23.1. The molecule has 0 spiro atoms. The van der Waals surface area contributed by atoms with Gasteiger partial charge in [0.1, 0.15) is 5.65 Å². The number of aromatic nitrogens is 3. The highest BCUT2D eigenvalue weighted by Crippen LogP contribution is 2.27. The van der Waals surface area contributed by atoms with Gasteiger partial charge in [-0.3, -0.25) is 9.36 Å². The Morgan fingerprint density at radius 3 is 2.57 bits per heavy atom. The Kier molecular flexibility index (Phi) is 6.52. The smallest absolute Gasteiger partial charge is 0.257 e. The molecule has 1 aliphatic rings. The molecule has 5 rings (SSSR count). The van der Waals surface area contributed by atoms with Gasteiger partial charge >= 0.3 is 0 Å². The molecule has 0 radical (unpaired) electrons. The summed E-state index contributed by atoms with van der Waals surface area (Å²) in [5, 5.41) is 14.3. The number of fused-ring (bicyclic) bond motifs is 1. The average molecular weight is 467 g/mol. The summed E-state index contributed by atoms with van der Waals surface area (Å²) in [4.78, 5) is 14.0. The predicted octanol–water partition coefficient (Wildman–Crippen LogP) is 5.24. The number of nitriles is 1. The third-order valence-corrected chi connectivity index (χ3v) is 6.88. The molecule has 2 aromatic heterocycles. The fourth-order valence-corrected chi connectivity index (χ4v) is 5.16. The lowest BCUT2D eigenvalue weighted by molar-refractivity contribution is 0.0694. The fourth-order valence-electron chi connectivity index (χ4n) is 5.16. The van der Waals surface area contributed by atoms with E-state index in [1.165, 1.54) is 0 Å². The van der Waals surface area contributed by atoms with Crippen LogP contribution in [0.1, 0.15) is 60.3 Å². The van der Waals surface area contributed by atoms with Crippen LogP contribution in [0, 0.1) is 18.3 Å². The summed E-state index contributed by atoms with van der Waals surface area (Å²) in [6.07, 6.45) is 3.95. The maximum atomic E-state index is 14.0. The van der Waals surface area contributed by atoms with Gasteiger partial charge in [-0.2, -0.15) is 10.4 Å². The molecule has 1 fully saturated rings. The van der Waals surface area contributed by atoms with Gasteiger partial charge in [0.25, 0.3) is 5.56 Å². The van der Waals surface area contributed by atoms with Crippen molar-refractivity contribution >= 4 is 5.65 Å². The van der Waals surface area contributed by atoms with Crippen molar-refractivity contribution in [3.8, 4) is 17.2 Å². The molecular weight excluding hydrogens is 436 g/mol. The molecule has 1 saturated heterocycles. The van der Waals surface area contributed by atoms with Gasteiger partial charge in [0.2, 0.25) is 0 Å². The van der Waals surface area contributed by atoms with Crippen LogP contribution in [0.4, 0.5) is 0 Å². The minimum atomic E-state index is 0.0895. The van der Waals surface area contributed by atoms with E-state index < -0.39 is 0 Å². The summed E-state index contributed by atoms with van der Waals surface area (Å²) in [5.41, 5.74) is 7.36. The summed E-state index contributed by atoms with van der Waals surface area (Å²) in [6.45, 7) is 5.47. The number of hydrogen-bond acceptors (Lipinski definition) is 4. The molecule has 0 unspecified atom stereocenters. The Labute approximate surface area is 205 Å². The molecule has 6 nitrogen and oxygen atoms in total. The van der Waals surface area contributed by atoms with Crippen LogP contribution in [0.15, 0.2) is 59.4 Å². The van der Waals surface area contributed by atoms with Gasteiger partial charge in [-0.05, 0) is 48.9 Å². The molecule has 3 heterocycles. The van der Waals surface area contributed by atoms with E-state index in [1.54, 1.807) is 0 Å². The number of ether oxygens (including phenoxy) is 1. The Balaban J connectivity index is 1.59. The summed E-state index contributed by atoms with van der Waals surface area (Å²) in [5.74, 6) is 0. The lowest BCUT2D eigenvalue weighted by atomic mass is 9.96. The molecule has 0 aliphatic carbocycles. The van der Waals surface area contributed by atoms with Crippen molar-refractivity contribution < 1.29 is 4.74 Å². The molecule has 6 heteroatoms. The van der Waals surface area contributed by atoms with Crippen LogP contribution in [0.3, 0.4) is 0 Å². The van der Waals surface area contributed by atoms with Crippen molar-refractivity contribution in [3.05, 3.63) is 93.0 Å². The topological polar surface area (TPSA) is 72.3 Å². The van der Waals surface area contributed by atoms with Crippen molar-refractivity contribution in [2.45, 2.75) is 52.0 Å². The Morgan fingerprint density at radius 2 is 1.86 bits per heavy atom. The van der Waals surface area contributed by atoms with Crippen LogP contribution in [-0.2, 0) is 17.6 Å². The molecule has 0 saturated carbocycles. The second-order valence-electron chi connectivity index (χ2n) is 9.28. The quantitative estimate of drug-likeness (QED) is 0.390. The SMILES string of the molecule is CCCc1c(Cc2ccc(-c3ccccc3C#N)cc2)c(=O)n(C2CCOCC2)c2cc(C)nn12. The third kappa shape index (κ3) is 4.40. The van der Waals surface area contributed by atoms with Crippen LogP contribution in [-0.4, -0.2) is 27.4 Å². The molecule has 1 aliphatic heterocycles. The van der Waals surface area contributed by atoms with Gasteiger partial charge in [0.05, 0.1) is 23.0 Å². The van der Waals surface area contributed by atoms with Crippen molar-refractivity contribution in [2.24, 2.45) is 0 Å². The Bertz CT molecular complexity index is 1450. The normalized spacial score (nSPS) is 14.3. The highest BCUT2D eigenvalue weighted by atomic mass is 16.5. The number of aryl methyl sites for hydroxylation is 2.